The van der Waals surface area contributed by atoms with Crippen molar-refractivity contribution in [2.75, 3.05) is 0 Å². The van der Waals surface area contributed by atoms with E-state index in [9.17, 15) is 4.79 Å². The van der Waals surface area contributed by atoms with Gasteiger partial charge in [-0.25, -0.2) is 0 Å². The van der Waals surface area contributed by atoms with E-state index in [1.807, 2.05) is 0 Å². The average molecular weight is 407 g/mol. The van der Waals surface area contributed by atoms with Crippen molar-refractivity contribution in [3.05, 3.63) is 12.2 Å². The fourth-order valence-electron chi connectivity index (χ4n) is 3.41. The van der Waals surface area contributed by atoms with E-state index in [1.165, 1.54) is 109 Å². The summed E-state index contributed by atoms with van der Waals surface area (Å²) in [5, 5.41) is 8.57. The van der Waals surface area contributed by atoms with Gasteiger partial charge in [0.25, 0.3) is 0 Å². The number of carboxylic acid groups (broad SMARTS) is 1. The van der Waals surface area contributed by atoms with Gasteiger partial charge in [0.15, 0.2) is 0 Å². The molecule has 0 amide bonds. The van der Waals surface area contributed by atoms with Crippen molar-refractivity contribution in [3.63, 3.8) is 0 Å². The summed E-state index contributed by atoms with van der Waals surface area (Å²) in [6.45, 7) is 2.28. The van der Waals surface area contributed by atoms with Gasteiger partial charge in [0.05, 0.1) is 0 Å². The van der Waals surface area contributed by atoms with E-state index in [-0.39, 0.29) is 52.8 Å². The Balaban J connectivity index is -0.00000312. The van der Waals surface area contributed by atoms with Crippen LogP contribution in [-0.2, 0) is 4.79 Å². The molecule has 1 N–H and O–H groups in total. The minimum Gasteiger partial charge on any atom is -1.00 e. The molecule has 0 bridgehead atoms. The van der Waals surface area contributed by atoms with Crippen LogP contribution in [0.25, 0.3) is 0 Å². The molecule has 0 unspecified atom stereocenters. The first-order chi connectivity index (χ1) is 12.8. The Morgan fingerprint density at radius 1 is 0.630 bits per heavy atom. The van der Waals surface area contributed by atoms with Gasteiger partial charge in [0.2, 0.25) is 0 Å². The van der Waals surface area contributed by atoms with Gasteiger partial charge in [-0.2, -0.15) is 0 Å². The van der Waals surface area contributed by atoms with Crippen molar-refractivity contribution in [2.24, 2.45) is 0 Å². The second kappa shape index (κ2) is 26.8. The van der Waals surface area contributed by atoms with Crippen LogP contribution in [0.15, 0.2) is 12.2 Å². The van der Waals surface area contributed by atoms with E-state index in [2.05, 4.69) is 19.1 Å². The van der Waals surface area contributed by atoms with Crippen LogP contribution in [0, 0.1) is 0 Å². The Labute approximate surface area is 214 Å². The van der Waals surface area contributed by atoms with Crippen molar-refractivity contribution < 1.29 is 62.7 Å². The predicted octanol–water partition coefficient (Wildman–Crippen LogP) is 5.57. The summed E-state index contributed by atoms with van der Waals surface area (Å²) in [6.07, 6.45) is 30.1. The van der Waals surface area contributed by atoms with Gasteiger partial charge in [-0.15, -0.1) is 0 Å². The predicted molar refractivity (Wildman–Crippen MR) is 116 cm³/mol. The first-order valence-corrected chi connectivity index (χ1v) is 11.6. The van der Waals surface area contributed by atoms with E-state index in [1.54, 1.807) is 0 Å². The molecule has 27 heavy (non-hydrogen) atoms. The molecule has 0 aliphatic heterocycles. The molecule has 0 spiro atoms. The molecular formula is C24H47KO2. The molecule has 0 fully saturated rings. The second-order valence-corrected chi connectivity index (χ2v) is 7.85. The van der Waals surface area contributed by atoms with Crippen LogP contribution >= 0.6 is 0 Å². The molecule has 0 saturated heterocycles. The maximum absolute atomic E-state index is 10.4. The van der Waals surface area contributed by atoms with Crippen LogP contribution in [0.5, 0.6) is 0 Å². The normalized spacial score (nSPS) is 11.0. The minimum atomic E-state index is -0.654. The molecule has 2 nitrogen and oxygen atoms in total. The van der Waals surface area contributed by atoms with Crippen molar-refractivity contribution in [1.82, 2.24) is 0 Å². The molecule has 0 aromatic heterocycles. The number of carboxylic acids is 1. The Morgan fingerprint density at radius 3 is 1.33 bits per heavy atom. The molecule has 0 atom stereocenters. The molecule has 0 aromatic rings. The molecule has 0 aliphatic rings. The number of aliphatic carboxylic acids is 1. The average Bonchev–Trinajstić information content (AvgIpc) is 2.62. The quantitative estimate of drug-likeness (QED) is 0.154. The van der Waals surface area contributed by atoms with Gasteiger partial charge in [-0.1, -0.05) is 109 Å². The third kappa shape index (κ3) is 29.1. The van der Waals surface area contributed by atoms with Crippen molar-refractivity contribution in [2.45, 2.75) is 135 Å². The first kappa shape index (κ1) is 30.0. The maximum Gasteiger partial charge on any atom is 1.00 e. The Hall–Kier alpha value is 0.846. The third-order valence-electron chi connectivity index (χ3n) is 5.15. The Bertz CT molecular complexity index is 322. The van der Waals surface area contributed by atoms with Gasteiger partial charge in [0, 0.05) is 6.42 Å². The fourth-order valence-corrected chi connectivity index (χ4v) is 3.41. The zero-order chi connectivity index (χ0) is 19.1. The zero-order valence-corrected chi connectivity index (χ0v) is 21.8. The monoisotopic (exact) mass is 406 g/mol. The van der Waals surface area contributed by atoms with E-state index < -0.39 is 5.97 Å². The van der Waals surface area contributed by atoms with Crippen LogP contribution in [0.4, 0.5) is 0 Å². The fraction of sp³-hybridized carbons (Fsp3) is 0.875. The number of carbonyl (C=O) groups is 1. The summed E-state index contributed by atoms with van der Waals surface area (Å²) in [6, 6.07) is 0. The van der Waals surface area contributed by atoms with Crippen LogP contribution in [0.2, 0.25) is 0 Å². The number of allylic oxidation sites excluding steroid dienone is 2. The van der Waals surface area contributed by atoms with Gasteiger partial charge in [-0.05, 0) is 32.1 Å². The first-order valence-electron chi connectivity index (χ1n) is 11.6. The smallest absolute Gasteiger partial charge is 1.00 e. The standard InChI is InChI=1S/C24H46O2.K.H/c1-2-3-4-5-6-7-8-9-10-11-12-13-14-15-16-17-18-19-20-21-22-23-24(25)26;;/h9-10H,2-8,11-23H2,1H3,(H,25,26);;/q;+1;-1/b10-9-;;. The SMILES string of the molecule is CCCCCCCC/C=C\CCCCCCCCCCCCCC(=O)O.[H-].[K+]. The summed E-state index contributed by atoms with van der Waals surface area (Å²) in [7, 11) is 0. The van der Waals surface area contributed by atoms with Crippen molar-refractivity contribution in [3.8, 4) is 0 Å². The molecular weight excluding hydrogens is 359 g/mol. The van der Waals surface area contributed by atoms with Crippen LogP contribution in [0.1, 0.15) is 137 Å². The number of hydrogen-bond donors (Lipinski definition) is 1. The van der Waals surface area contributed by atoms with Gasteiger partial charge in [0.1, 0.15) is 0 Å². The van der Waals surface area contributed by atoms with Crippen LogP contribution < -0.4 is 51.4 Å². The van der Waals surface area contributed by atoms with Crippen LogP contribution in [-0.4, -0.2) is 11.1 Å². The van der Waals surface area contributed by atoms with E-state index in [0.29, 0.717) is 6.42 Å². The topological polar surface area (TPSA) is 37.3 Å². The summed E-state index contributed by atoms with van der Waals surface area (Å²) in [4.78, 5) is 10.4. The maximum atomic E-state index is 10.4. The second-order valence-electron chi connectivity index (χ2n) is 7.85. The molecule has 3 heteroatoms. The Morgan fingerprint density at radius 2 is 0.963 bits per heavy atom. The van der Waals surface area contributed by atoms with Gasteiger partial charge >= 0.3 is 57.4 Å². The number of unbranched alkanes of at least 4 members (excludes halogenated alkanes) is 17. The van der Waals surface area contributed by atoms with E-state index >= 15 is 0 Å². The minimum absolute atomic E-state index is 0. The summed E-state index contributed by atoms with van der Waals surface area (Å²) in [5.41, 5.74) is 0. The molecule has 0 heterocycles. The summed E-state index contributed by atoms with van der Waals surface area (Å²) < 4.78 is 0. The summed E-state index contributed by atoms with van der Waals surface area (Å²) in [5.74, 6) is -0.654. The van der Waals surface area contributed by atoms with Gasteiger partial charge in [-0.3, -0.25) is 4.79 Å². The number of rotatable bonds is 21. The molecule has 0 radical (unpaired) electrons. The molecule has 156 valence electrons. The number of hydrogen-bond acceptors (Lipinski definition) is 1. The molecule has 0 aliphatic carbocycles. The van der Waals surface area contributed by atoms with E-state index in [0.717, 1.165) is 12.8 Å². The molecule has 0 saturated carbocycles. The molecule has 0 rings (SSSR count). The largest absolute Gasteiger partial charge is 1.00 e. The Kier molecular flexibility index (Phi) is 29.9. The molecule has 0 aromatic carbocycles. The van der Waals surface area contributed by atoms with Crippen molar-refractivity contribution >= 4 is 5.97 Å². The third-order valence-corrected chi connectivity index (χ3v) is 5.15. The summed E-state index contributed by atoms with van der Waals surface area (Å²) >= 11 is 0. The van der Waals surface area contributed by atoms with Crippen LogP contribution in [0.3, 0.4) is 0 Å². The van der Waals surface area contributed by atoms with E-state index in [4.69, 9.17) is 5.11 Å². The van der Waals surface area contributed by atoms with Crippen molar-refractivity contribution in [1.29, 1.82) is 0 Å². The van der Waals surface area contributed by atoms with Gasteiger partial charge < -0.3 is 6.53 Å². The zero-order valence-electron chi connectivity index (χ0n) is 19.7.